The van der Waals surface area contributed by atoms with Gasteiger partial charge in [-0.25, -0.2) is 30.0 Å². The fraction of sp³-hybridized carbons (Fsp3) is 0.0952. The minimum atomic E-state index is -4.02. The number of anilines is 3. The molecule has 0 aliphatic rings. The van der Waals surface area contributed by atoms with Crippen LogP contribution in [-0.2, 0) is 24.8 Å². The molecule has 0 bridgehead atoms. The molecule has 1 amide bonds. The SMILES string of the molecule is CS(=O)(=O)N(CC(=O)Nc1ccc(S(=O)(=O)Nc2ccc(F)cc2)cc1)c1ccc(F)c(F)c1. The molecule has 8 nitrogen and oxygen atoms in total. The fourth-order valence-corrected chi connectivity index (χ4v) is 4.73. The van der Waals surface area contributed by atoms with Crippen LogP contribution in [0.4, 0.5) is 30.2 Å². The van der Waals surface area contributed by atoms with Gasteiger partial charge in [0.05, 0.1) is 16.8 Å². The van der Waals surface area contributed by atoms with Crippen LogP contribution in [0.25, 0.3) is 0 Å². The monoisotopic (exact) mass is 513 g/mol. The summed E-state index contributed by atoms with van der Waals surface area (Å²) in [5.41, 5.74) is 0.0613. The Morgan fingerprint density at radius 3 is 1.97 bits per heavy atom. The quantitative estimate of drug-likeness (QED) is 0.480. The number of amides is 1. The van der Waals surface area contributed by atoms with E-state index in [9.17, 15) is 34.8 Å². The normalized spacial score (nSPS) is 11.6. The number of hydrogen-bond donors (Lipinski definition) is 2. The van der Waals surface area contributed by atoms with Gasteiger partial charge in [-0.3, -0.25) is 13.8 Å². The van der Waals surface area contributed by atoms with Crippen LogP contribution in [0.3, 0.4) is 0 Å². The average molecular weight is 514 g/mol. The van der Waals surface area contributed by atoms with Crippen molar-refractivity contribution in [3.05, 3.63) is 84.2 Å². The third-order valence-electron chi connectivity index (χ3n) is 4.42. The fourth-order valence-electron chi connectivity index (χ4n) is 2.82. The minimum Gasteiger partial charge on any atom is -0.325 e. The maximum absolute atomic E-state index is 13.5. The third kappa shape index (κ3) is 6.26. The topological polar surface area (TPSA) is 113 Å². The van der Waals surface area contributed by atoms with Gasteiger partial charge in [0.1, 0.15) is 12.4 Å². The van der Waals surface area contributed by atoms with E-state index in [0.717, 1.165) is 30.5 Å². The number of carbonyl (C=O) groups is 1. The Kier molecular flexibility index (Phi) is 7.17. The smallest absolute Gasteiger partial charge is 0.261 e. The van der Waals surface area contributed by atoms with Crippen LogP contribution in [0, 0.1) is 17.5 Å². The maximum atomic E-state index is 13.5. The Hall–Kier alpha value is -3.58. The van der Waals surface area contributed by atoms with E-state index in [1.165, 1.54) is 36.4 Å². The van der Waals surface area contributed by atoms with Crippen LogP contribution in [0.5, 0.6) is 0 Å². The summed E-state index contributed by atoms with van der Waals surface area (Å²) in [6.07, 6.45) is 0.801. The first-order valence-corrected chi connectivity index (χ1v) is 12.8. The lowest BCUT2D eigenvalue weighted by Gasteiger charge is -2.22. The van der Waals surface area contributed by atoms with Gasteiger partial charge in [-0.1, -0.05) is 0 Å². The van der Waals surface area contributed by atoms with E-state index in [1.54, 1.807) is 0 Å². The van der Waals surface area contributed by atoms with Crippen molar-refractivity contribution >= 4 is 43.0 Å². The molecule has 0 unspecified atom stereocenters. The van der Waals surface area contributed by atoms with Gasteiger partial charge < -0.3 is 5.32 Å². The second kappa shape index (κ2) is 9.73. The molecule has 3 rings (SSSR count). The average Bonchev–Trinajstić information content (AvgIpc) is 2.75. The molecule has 0 aliphatic heterocycles. The number of benzene rings is 3. The van der Waals surface area contributed by atoms with Crippen molar-refractivity contribution in [2.24, 2.45) is 0 Å². The molecule has 0 aromatic heterocycles. The van der Waals surface area contributed by atoms with Gasteiger partial charge in [-0.15, -0.1) is 0 Å². The zero-order valence-electron chi connectivity index (χ0n) is 17.5. The van der Waals surface area contributed by atoms with E-state index in [0.29, 0.717) is 10.4 Å². The molecule has 0 aliphatic carbocycles. The molecule has 0 radical (unpaired) electrons. The van der Waals surface area contributed by atoms with Crippen molar-refractivity contribution in [1.29, 1.82) is 0 Å². The molecular weight excluding hydrogens is 495 g/mol. The molecule has 180 valence electrons. The summed E-state index contributed by atoms with van der Waals surface area (Å²) in [6.45, 7) is -0.740. The van der Waals surface area contributed by atoms with Gasteiger partial charge >= 0.3 is 0 Å². The van der Waals surface area contributed by atoms with Crippen LogP contribution in [0.1, 0.15) is 0 Å². The van der Waals surface area contributed by atoms with E-state index < -0.39 is 50.0 Å². The van der Waals surface area contributed by atoms with Crippen molar-refractivity contribution in [2.45, 2.75) is 4.90 Å². The van der Waals surface area contributed by atoms with E-state index in [2.05, 4.69) is 10.0 Å². The lowest BCUT2D eigenvalue weighted by atomic mass is 10.3. The predicted octanol–water partition coefficient (Wildman–Crippen LogP) is 3.31. The van der Waals surface area contributed by atoms with Gasteiger partial charge in [-0.2, -0.15) is 0 Å². The highest BCUT2D eigenvalue weighted by atomic mass is 32.2. The summed E-state index contributed by atoms with van der Waals surface area (Å²) < 4.78 is 91.6. The van der Waals surface area contributed by atoms with Crippen LogP contribution in [0.2, 0.25) is 0 Å². The summed E-state index contributed by atoms with van der Waals surface area (Å²) in [6, 6.07) is 12.0. The predicted molar refractivity (Wildman–Crippen MR) is 121 cm³/mol. The first-order chi connectivity index (χ1) is 15.8. The maximum Gasteiger partial charge on any atom is 0.261 e. The largest absolute Gasteiger partial charge is 0.325 e. The molecule has 3 aromatic rings. The lowest BCUT2D eigenvalue weighted by molar-refractivity contribution is -0.114. The van der Waals surface area contributed by atoms with E-state index in [4.69, 9.17) is 0 Å². The third-order valence-corrected chi connectivity index (χ3v) is 6.96. The minimum absolute atomic E-state index is 0.144. The van der Waals surface area contributed by atoms with Crippen molar-refractivity contribution in [3.8, 4) is 0 Å². The number of nitrogens with one attached hydrogen (secondary N) is 2. The zero-order chi connectivity index (χ0) is 25.1. The molecule has 0 spiro atoms. The number of nitrogens with zero attached hydrogens (tertiary/aromatic N) is 1. The number of carbonyl (C=O) groups excluding carboxylic acids is 1. The van der Waals surface area contributed by atoms with E-state index in [-0.39, 0.29) is 22.0 Å². The van der Waals surface area contributed by atoms with Crippen molar-refractivity contribution in [2.75, 3.05) is 27.1 Å². The molecule has 0 saturated carbocycles. The molecule has 2 N–H and O–H groups in total. The number of hydrogen-bond acceptors (Lipinski definition) is 5. The van der Waals surface area contributed by atoms with Crippen LogP contribution in [0.15, 0.2) is 71.6 Å². The Labute approximate surface area is 194 Å². The summed E-state index contributed by atoms with van der Waals surface area (Å²) >= 11 is 0. The van der Waals surface area contributed by atoms with Gasteiger partial charge in [0.15, 0.2) is 11.6 Å². The van der Waals surface area contributed by atoms with Crippen LogP contribution < -0.4 is 14.3 Å². The van der Waals surface area contributed by atoms with Crippen LogP contribution >= 0.6 is 0 Å². The molecular formula is C21H18F3N3O5S2. The lowest BCUT2D eigenvalue weighted by Crippen LogP contribution is -2.37. The zero-order valence-corrected chi connectivity index (χ0v) is 19.1. The highest BCUT2D eigenvalue weighted by Crippen LogP contribution is 2.22. The second-order valence-corrected chi connectivity index (χ2v) is 10.6. The van der Waals surface area contributed by atoms with Crippen molar-refractivity contribution < 1.29 is 34.8 Å². The van der Waals surface area contributed by atoms with Gasteiger partial charge in [0, 0.05) is 17.4 Å². The Morgan fingerprint density at radius 2 is 1.41 bits per heavy atom. The summed E-state index contributed by atoms with van der Waals surface area (Å²) in [5.74, 6) is -3.79. The van der Waals surface area contributed by atoms with Gasteiger partial charge in [0.2, 0.25) is 15.9 Å². The molecule has 34 heavy (non-hydrogen) atoms. The van der Waals surface area contributed by atoms with Gasteiger partial charge in [0.25, 0.3) is 10.0 Å². The molecule has 0 heterocycles. The first kappa shape index (κ1) is 25.1. The Bertz CT molecular complexity index is 1410. The number of sulfonamides is 2. The number of halogens is 3. The van der Waals surface area contributed by atoms with E-state index in [1.807, 2.05) is 0 Å². The Balaban J connectivity index is 1.71. The molecule has 3 aromatic carbocycles. The summed E-state index contributed by atoms with van der Waals surface area (Å²) in [4.78, 5) is 12.3. The van der Waals surface area contributed by atoms with Crippen molar-refractivity contribution in [3.63, 3.8) is 0 Å². The second-order valence-electron chi connectivity index (χ2n) is 7.05. The summed E-state index contributed by atoms with van der Waals surface area (Å²) in [5, 5.41) is 2.41. The van der Waals surface area contributed by atoms with E-state index >= 15 is 0 Å². The number of rotatable bonds is 8. The standard InChI is InChI=1S/C21H18F3N3O5S2/c1-33(29,30)27(17-8-11-19(23)20(24)12-17)13-21(28)25-15-6-9-18(10-7-15)34(31,32)26-16-4-2-14(22)3-5-16/h2-12,26H,13H2,1H3,(H,25,28). The van der Waals surface area contributed by atoms with Crippen molar-refractivity contribution in [1.82, 2.24) is 0 Å². The first-order valence-electron chi connectivity index (χ1n) is 9.46. The van der Waals surface area contributed by atoms with Crippen LogP contribution in [-0.4, -0.2) is 35.5 Å². The highest BCUT2D eigenvalue weighted by Gasteiger charge is 2.22. The highest BCUT2D eigenvalue weighted by molar-refractivity contribution is 7.92. The molecule has 0 saturated heterocycles. The Morgan fingerprint density at radius 1 is 0.824 bits per heavy atom. The molecule has 13 heteroatoms. The summed E-state index contributed by atoms with van der Waals surface area (Å²) in [7, 11) is -8.01. The molecule has 0 fully saturated rings. The van der Waals surface area contributed by atoms with Gasteiger partial charge in [-0.05, 0) is 60.7 Å². The molecule has 0 atom stereocenters.